The van der Waals surface area contributed by atoms with Gasteiger partial charge in [0.05, 0.1) is 16.9 Å². The fraction of sp³-hybridized carbons (Fsp3) is 0.286. The van der Waals surface area contributed by atoms with Gasteiger partial charge in [0.15, 0.2) is 0 Å². The molecule has 0 atom stereocenters. The number of halogens is 1. The van der Waals surface area contributed by atoms with Crippen LogP contribution in [0, 0.1) is 13.8 Å². The number of hydrogen-bond acceptors (Lipinski definition) is 4. The second-order valence-corrected chi connectivity index (χ2v) is 6.61. The van der Waals surface area contributed by atoms with Crippen LogP contribution in [0.1, 0.15) is 35.6 Å². The maximum atomic E-state index is 12.1. The minimum absolute atomic E-state index is 0. The van der Waals surface area contributed by atoms with Gasteiger partial charge in [0.25, 0.3) is 5.91 Å². The molecule has 1 amide bonds. The summed E-state index contributed by atoms with van der Waals surface area (Å²) in [4.78, 5) is 25.8. The summed E-state index contributed by atoms with van der Waals surface area (Å²) in [7, 11) is 0. The predicted octanol–water partition coefficient (Wildman–Crippen LogP) is 0.603. The van der Waals surface area contributed by atoms with E-state index < -0.39 is 0 Å². The summed E-state index contributed by atoms with van der Waals surface area (Å²) in [6.45, 7) is 8.66. The Morgan fingerprint density at radius 2 is 2.10 bits per heavy atom. The van der Waals surface area contributed by atoms with E-state index in [1.165, 1.54) is 31.5 Å². The molecule has 0 bridgehead atoms. The van der Waals surface area contributed by atoms with Crippen molar-refractivity contribution in [1.29, 1.82) is 0 Å². The monoisotopic (exact) mass is 406 g/mol. The molecule has 8 heteroatoms. The molecule has 150 valence electrons. The summed E-state index contributed by atoms with van der Waals surface area (Å²) in [5.41, 5.74) is 0.974. The maximum Gasteiger partial charge on any atom is 1.00 e. The molecule has 0 radical (unpaired) electrons. The van der Waals surface area contributed by atoms with E-state index in [0.29, 0.717) is 34.8 Å². The van der Waals surface area contributed by atoms with E-state index in [9.17, 15) is 9.59 Å². The zero-order valence-electron chi connectivity index (χ0n) is 16.7. The number of rotatable bonds is 7. The Balaban J connectivity index is 0.000000327. The van der Waals surface area contributed by atoms with E-state index in [4.69, 9.17) is 11.6 Å². The van der Waals surface area contributed by atoms with Crippen LogP contribution in [-0.4, -0.2) is 34.3 Å². The van der Waals surface area contributed by atoms with Crippen molar-refractivity contribution >= 4 is 29.5 Å². The Hall–Kier alpha value is -1.97. The van der Waals surface area contributed by atoms with Gasteiger partial charge in [-0.1, -0.05) is 36.7 Å². The quantitative estimate of drug-likeness (QED) is 0.401. The van der Waals surface area contributed by atoms with Gasteiger partial charge in [0.1, 0.15) is 5.69 Å². The van der Waals surface area contributed by atoms with Gasteiger partial charge in [-0.25, -0.2) is 6.08 Å². The second-order valence-electron chi connectivity index (χ2n) is 6.20. The maximum absolute atomic E-state index is 12.1. The molecule has 1 fully saturated rings. The molecule has 0 aliphatic heterocycles. The molecular formula is C21H24ClLiN4O2-2. The molecule has 3 rings (SSSR count). The first-order valence-corrected chi connectivity index (χ1v) is 9.43. The summed E-state index contributed by atoms with van der Waals surface area (Å²) in [5, 5.41) is 6.50. The van der Waals surface area contributed by atoms with Crippen molar-refractivity contribution in [3.05, 3.63) is 73.0 Å². The van der Waals surface area contributed by atoms with Crippen molar-refractivity contribution in [2.75, 3.05) is 11.9 Å². The number of aromatic nitrogens is 2. The number of nitrogens with zero attached hydrogens (tertiary/aromatic N) is 2. The Bertz CT molecular complexity index is 819. The molecule has 0 saturated heterocycles. The molecule has 1 aliphatic rings. The van der Waals surface area contributed by atoms with Crippen LogP contribution in [0.5, 0.6) is 0 Å². The van der Waals surface area contributed by atoms with E-state index in [0.717, 1.165) is 6.54 Å². The number of amides is 1. The number of allylic oxidation sites excluding steroid dienone is 1. The van der Waals surface area contributed by atoms with Gasteiger partial charge in [-0.3, -0.25) is 9.78 Å². The minimum atomic E-state index is -0.283. The van der Waals surface area contributed by atoms with Crippen molar-refractivity contribution in [2.24, 2.45) is 0 Å². The molecular weight excluding hydrogens is 383 g/mol. The Labute approximate surface area is 189 Å². The van der Waals surface area contributed by atoms with E-state index in [1.807, 2.05) is 0 Å². The number of anilines is 1. The normalized spacial score (nSPS) is 13.0. The molecule has 1 saturated carbocycles. The molecule has 1 heterocycles. The van der Waals surface area contributed by atoms with Gasteiger partial charge in [-0.15, -0.1) is 6.54 Å². The fourth-order valence-electron chi connectivity index (χ4n) is 2.55. The molecule has 29 heavy (non-hydrogen) atoms. The zero-order valence-corrected chi connectivity index (χ0v) is 17.4. The van der Waals surface area contributed by atoms with Crippen LogP contribution in [-0.2, 0) is 11.3 Å². The van der Waals surface area contributed by atoms with Gasteiger partial charge in [0, 0.05) is 6.04 Å². The van der Waals surface area contributed by atoms with Crippen LogP contribution in [0.2, 0.25) is 5.02 Å². The van der Waals surface area contributed by atoms with Crippen LogP contribution < -0.4 is 29.5 Å². The van der Waals surface area contributed by atoms with Crippen LogP contribution in [0.25, 0.3) is 0 Å². The van der Waals surface area contributed by atoms with Crippen molar-refractivity contribution in [3.63, 3.8) is 0 Å². The van der Waals surface area contributed by atoms with Crippen LogP contribution in [0.15, 0.2) is 42.6 Å². The zero-order chi connectivity index (χ0) is 20.4. The first-order valence-electron chi connectivity index (χ1n) is 9.05. The number of para-hydroxylation sites is 1. The van der Waals surface area contributed by atoms with Gasteiger partial charge in [-0.05, 0) is 37.1 Å². The van der Waals surface area contributed by atoms with Crippen molar-refractivity contribution in [3.8, 4) is 0 Å². The van der Waals surface area contributed by atoms with E-state index >= 15 is 0 Å². The number of hydrogen-bond donors (Lipinski definition) is 2. The van der Waals surface area contributed by atoms with Crippen LogP contribution in [0.3, 0.4) is 0 Å². The van der Waals surface area contributed by atoms with Crippen molar-refractivity contribution < 1.29 is 28.4 Å². The summed E-state index contributed by atoms with van der Waals surface area (Å²) < 4.78 is 1.63. The first kappa shape index (κ1) is 25.1. The van der Waals surface area contributed by atoms with Gasteiger partial charge >= 0.3 is 18.9 Å². The van der Waals surface area contributed by atoms with Crippen molar-refractivity contribution in [1.82, 2.24) is 14.9 Å². The Morgan fingerprint density at radius 3 is 2.69 bits per heavy atom. The van der Waals surface area contributed by atoms with Crippen LogP contribution in [0.4, 0.5) is 5.69 Å². The molecule has 1 aromatic heterocycles. The summed E-state index contributed by atoms with van der Waals surface area (Å²) >= 11 is 5.97. The smallest absolute Gasteiger partial charge is 0.419 e. The van der Waals surface area contributed by atoms with E-state index in [2.05, 4.69) is 29.5 Å². The number of nitrogens with one attached hydrogen (secondary N) is 2. The summed E-state index contributed by atoms with van der Waals surface area (Å²) in [6.07, 6.45) is 10.3. The van der Waals surface area contributed by atoms with Gasteiger partial charge in [-0.2, -0.15) is 6.08 Å². The van der Waals surface area contributed by atoms with E-state index in [1.54, 1.807) is 41.2 Å². The molecule has 2 aromatic rings. The molecule has 1 aliphatic carbocycles. The molecule has 0 spiro atoms. The largest absolute Gasteiger partial charge is 1.00 e. The molecule has 6 nitrogen and oxygen atoms in total. The second kappa shape index (κ2) is 13.3. The topological polar surface area (TPSA) is 76.0 Å². The Kier molecular flexibility index (Phi) is 11.5. The molecule has 1 aromatic carbocycles. The van der Waals surface area contributed by atoms with Gasteiger partial charge in [0.2, 0.25) is 0 Å². The molecule has 2 N–H and O–H groups in total. The third kappa shape index (κ3) is 7.75. The SMILES string of the molecule is O=[C-]/C=C/CNC1CCC1.[CH2-]Cn1c(C(=O)Nc2ccccc2Cl)cnc1[CH2-].[Li+]. The third-order valence-electron chi connectivity index (χ3n) is 4.33. The minimum Gasteiger partial charge on any atom is -0.419 e. The van der Waals surface area contributed by atoms with Crippen LogP contribution >= 0.6 is 11.6 Å². The summed E-state index contributed by atoms with van der Waals surface area (Å²) in [6, 6.07) is 7.74. The molecule has 0 unspecified atom stereocenters. The Morgan fingerprint density at radius 1 is 1.38 bits per heavy atom. The standard InChI is InChI=1S/C13H12ClN3O.C8H12NO.Li/c1-3-17-9(2)15-8-12(17)13(18)16-11-7-5-4-6-10(11)14;10-7-2-1-6-9-8-4-3-5-8;/h4-8H,1-3H2,(H,16,18);1-2,8-9H,3-6H2;/q-2;-1;+1/b;2-1+;. The van der Waals surface area contributed by atoms with E-state index in [-0.39, 0.29) is 24.8 Å². The van der Waals surface area contributed by atoms with Crippen molar-refractivity contribution in [2.45, 2.75) is 31.8 Å². The number of carbonyl (C=O) groups is 1. The fourth-order valence-corrected chi connectivity index (χ4v) is 2.73. The number of carbonyl (C=O) groups excluding carboxylic acids is 2. The van der Waals surface area contributed by atoms with Gasteiger partial charge < -0.3 is 33.8 Å². The average molecular weight is 407 g/mol. The number of benzene rings is 1. The summed E-state index contributed by atoms with van der Waals surface area (Å²) in [5.74, 6) is 0.225. The average Bonchev–Trinajstić information content (AvgIpc) is 3.03. The number of imidazole rings is 1. The first-order chi connectivity index (χ1) is 13.6. The predicted molar refractivity (Wildman–Crippen MR) is 112 cm³/mol. The third-order valence-corrected chi connectivity index (χ3v) is 4.66.